The highest BCUT2D eigenvalue weighted by Crippen LogP contribution is 2.14. The molecule has 1 rings (SSSR count). The van der Waals surface area contributed by atoms with Crippen LogP contribution in [0, 0.1) is 0 Å². The second-order valence-corrected chi connectivity index (χ2v) is 6.53. The second-order valence-electron chi connectivity index (χ2n) is 4.11. The van der Waals surface area contributed by atoms with Crippen molar-refractivity contribution in [1.82, 2.24) is 0 Å². The van der Waals surface area contributed by atoms with E-state index in [1.807, 2.05) is 6.07 Å². The summed E-state index contributed by atoms with van der Waals surface area (Å²) in [6, 6.07) is 8.93. The lowest BCUT2D eigenvalue weighted by Crippen LogP contribution is -2.24. The highest BCUT2D eigenvalue weighted by molar-refractivity contribution is 7.91. The molecule has 0 aromatic heterocycles. The number of hydrogen-bond acceptors (Lipinski definition) is 4. The first-order chi connectivity index (χ1) is 8.45. The minimum Gasteiger partial charge on any atom is -0.466 e. The van der Waals surface area contributed by atoms with E-state index in [1.54, 1.807) is 31.2 Å². The lowest BCUT2D eigenvalue weighted by atomic mass is 10.2. The third-order valence-electron chi connectivity index (χ3n) is 2.58. The van der Waals surface area contributed by atoms with Gasteiger partial charge in [0.2, 0.25) is 0 Å². The summed E-state index contributed by atoms with van der Waals surface area (Å²) in [5.41, 5.74) is 0.730. The van der Waals surface area contributed by atoms with Crippen LogP contribution in [-0.4, -0.2) is 26.2 Å². The van der Waals surface area contributed by atoms with Crippen LogP contribution in [0.1, 0.15) is 25.8 Å². The van der Waals surface area contributed by atoms with E-state index in [1.165, 1.54) is 6.92 Å². The monoisotopic (exact) mass is 270 g/mol. The number of rotatable bonds is 6. The first kappa shape index (κ1) is 14.7. The summed E-state index contributed by atoms with van der Waals surface area (Å²) in [7, 11) is -3.33. The molecule has 0 fully saturated rings. The molecule has 0 amide bonds. The topological polar surface area (TPSA) is 60.4 Å². The van der Waals surface area contributed by atoms with Crippen LogP contribution in [0.4, 0.5) is 0 Å². The summed E-state index contributed by atoms with van der Waals surface area (Å²) in [5, 5.41) is -0.725. The van der Waals surface area contributed by atoms with Gasteiger partial charge in [-0.1, -0.05) is 30.3 Å². The predicted octanol–water partition coefficient (Wildman–Crippen LogP) is 1.94. The molecule has 100 valence electrons. The van der Waals surface area contributed by atoms with Gasteiger partial charge in [0.15, 0.2) is 9.84 Å². The molecular weight excluding hydrogens is 252 g/mol. The van der Waals surface area contributed by atoms with Gasteiger partial charge in [-0.25, -0.2) is 8.42 Å². The standard InChI is InChI=1S/C13H18O4S/c1-3-17-13(14)9-11(2)18(15,16)10-12-7-5-4-6-8-12/h4-8,11H,3,9-10H2,1-2H3. The molecule has 0 saturated carbocycles. The number of hydrogen-bond donors (Lipinski definition) is 0. The second kappa shape index (κ2) is 6.54. The molecule has 18 heavy (non-hydrogen) atoms. The van der Waals surface area contributed by atoms with Crippen molar-refractivity contribution in [2.45, 2.75) is 31.3 Å². The van der Waals surface area contributed by atoms with Crippen molar-refractivity contribution in [1.29, 1.82) is 0 Å². The van der Waals surface area contributed by atoms with Crippen molar-refractivity contribution in [3.05, 3.63) is 35.9 Å². The highest BCUT2D eigenvalue weighted by atomic mass is 32.2. The lowest BCUT2D eigenvalue weighted by molar-refractivity contribution is -0.143. The summed E-state index contributed by atoms with van der Waals surface area (Å²) < 4.78 is 28.8. The summed E-state index contributed by atoms with van der Waals surface area (Å²) in [6.07, 6.45) is -0.0942. The normalized spacial score (nSPS) is 13.0. The van der Waals surface area contributed by atoms with Crippen LogP contribution in [0.25, 0.3) is 0 Å². The van der Waals surface area contributed by atoms with Gasteiger partial charge in [0.25, 0.3) is 0 Å². The van der Waals surface area contributed by atoms with Crippen molar-refractivity contribution in [2.75, 3.05) is 6.61 Å². The van der Waals surface area contributed by atoms with Gasteiger partial charge in [-0.15, -0.1) is 0 Å². The first-order valence-electron chi connectivity index (χ1n) is 5.87. The first-order valence-corrected chi connectivity index (χ1v) is 7.58. The highest BCUT2D eigenvalue weighted by Gasteiger charge is 2.24. The molecule has 0 bridgehead atoms. The van der Waals surface area contributed by atoms with Crippen molar-refractivity contribution >= 4 is 15.8 Å². The van der Waals surface area contributed by atoms with Crippen molar-refractivity contribution in [2.24, 2.45) is 0 Å². The third-order valence-corrected chi connectivity index (χ3v) is 4.71. The maximum atomic E-state index is 12.0. The maximum absolute atomic E-state index is 12.0. The van der Waals surface area contributed by atoms with Gasteiger partial charge >= 0.3 is 5.97 Å². The van der Waals surface area contributed by atoms with Gasteiger partial charge in [0.1, 0.15) is 0 Å². The Morgan fingerprint density at radius 2 is 1.89 bits per heavy atom. The zero-order valence-corrected chi connectivity index (χ0v) is 11.4. The number of ether oxygens (including phenoxy) is 1. The van der Waals surface area contributed by atoms with Crippen LogP contribution in [-0.2, 0) is 25.1 Å². The summed E-state index contributed by atoms with van der Waals surface area (Å²) in [4.78, 5) is 11.3. The largest absolute Gasteiger partial charge is 0.466 e. The van der Waals surface area contributed by atoms with E-state index >= 15 is 0 Å². The summed E-state index contributed by atoms with van der Waals surface area (Å²) in [6.45, 7) is 3.50. The van der Waals surface area contributed by atoms with Crippen LogP contribution in [0.3, 0.4) is 0 Å². The van der Waals surface area contributed by atoms with Crippen LogP contribution >= 0.6 is 0 Å². The summed E-state index contributed by atoms with van der Waals surface area (Å²) in [5.74, 6) is -0.518. The van der Waals surface area contributed by atoms with E-state index in [-0.39, 0.29) is 18.8 Å². The Labute approximate surface area is 108 Å². The van der Waals surface area contributed by atoms with Crippen LogP contribution < -0.4 is 0 Å². The van der Waals surface area contributed by atoms with E-state index in [9.17, 15) is 13.2 Å². The Morgan fingerprint density at radius 3 is 2.44 bits per heavy atom. The Bertz CT molecular complexity index is 479. The van der Waals surface area contributed by atoms with Gasteiger partial charge in [-0.3, -0.25) is 4.79 Å². The Morgan fingerprint density at radius 1 is 1.28 bits per heavy atom. The number of carbonyl (C=O) groups is 1. The van der Waals surface area contributed by atoms with Gasteiger partial charge in [-0.2, -0.15) is 0 Å². The average molecular weight is 270 g/mol. The Hall–Kier alpha value is -1.36. The molecule has 0 radical (unpaired) electrons. The van der Waals surface area contributed by atoms with E-state index in [0.717, 1.165) is 5.56 Å². The van der Waals surface area contributed by atoms with Crippen molar-refractivity contribution < 1.29 is 17.9 Å². The minimum absolute atomic E-state index is 0.0472. The molecule has 4 nitrogen and oxygen atoms in total. The number of sulfone groups is 1. The van der Waals surface area contributed by atoms with Gasteiger partial charge in [-0.05, 0) is 19.4 Å². The summed E-state index contributed by atoms with van der Waals surface area (Å²) >= 11 is 0. The minimum atomic E-state index is -3.33. The molecule has 0 aliphatic carbocycles. The third kappa shape index (κ3) is 4.49. The number of carbonyl (C=O) groups excluding carboxylic acids is 1. The molecule has 0 aliphatic heterocycles. The fourth-order valence-electron chi connectivity index (χ4n) is 1.53. The van der Waals surface area contributed by atoms with Crippen LogP contribution in [0.5, 0.6) is 0 Å². The molecular formula is C13H18O4S. The zero-order chi connectivity index (χ0) is 13.6. The van der Waals surface area contributed by atoms with Gasteiger partial charge in [0, 0.05) is 0 Å². The number of esters is 1. The van der Waals surface area contributed by atoms with E-state index in [0.29, 0.717) is 0 Å². The molecule has 0 heterocycles. The molecule has 0 spiro atoms. The van der Waals surface area contributed by atoms with Gasteiger partial charge in [0.05, 0.1) is 24.0 Å². The van der Waals surface area contributed by atoms with E-state index in [4.69, 9.17) is 4.74 Å². The molecule has 0 aliphatic rings. The van der Waals surface area contributed by atoms with Crippen molar-refractivity contribution in [3.8, 4) is 0 Å². The molecule has 5 heteroatoms. The Kier molecular flexibility index (Phi) is 5.34. The average Bonchev–Trinajstić information content (AvgIpc) is 2.29. The maximum Gasteiger partial charge on any atom is 0.307 e. The molecule has 0 saturated heterocycles. The predicted molar refractivity (Wildman–Crippen MR) is 69.8 cm³/mol. The zero-order valence-electron chi connectivity index (χ0n) is 10.6. The molecule has 1 unspecified atom stereocenters. The van der Waals surface area contributed by atoms with Gasteiger partial charge < -0.3 is 4.74 Å². The smallest absolute Gasteiger partial charge is 0.307 e. The van der Waals surface area contributed by atoms with Crippen LogP contribution in [0.15, 0.2) is 30.3 Å². The lowest BCUT2D eigenvalue weighted by Gasteiger charge is -2.12. The molecule has 0 N–H and O–H groups in total. The SMILES string of the molecule is CCOC(=O)CC(C)S(=O)(=O)Cc1ccccc1. The quantitative estimate of drug-likeness (QED) is 0.741. The van der Waals surface area contributed by atoms with E-state index < -0.39 is 21.1 Å². The fraction of sp³-hybridized carbons (Fsp3) is 0.462. The molecule has 1 atom stereocenters. The van der Waals surface area contributed by atoms with E-state index in [2.05, 4.69) is 0 Å². The van der Waals surface area contributed by atoms with Crippen molar-refractivity contribution in [3.63, 3.8) is 0 Å². The molecule has 1 aromatic rings. The van der Waals surface area contributed by atoms with Crippen LogP contribution in [0.2, 0.25) is 0 Å². The molecule has 1 aromatic carbocycles. The fourth-order valence-corrected chi connectivity index (χ4v) is 2.86. The Balaban J connectivity index is 2.66. The number of benzene rings is 1.